The Hall–Kier alpha value is -2.82. The van der Waals surface area contributed by atoms with Gasteiger partial charge in [-0.3, -0.25) is 14.5 Å². The van der Waals surface area contributed by atoms with Crippen LogP contribution in [0.5, 0.6) is 0 Å². The van der Waals surface area contributed by atoms with E-state index < -0.39 is 0 Å². The normalized spacial score (nSPS) is 11.0. The zero-order valence-electron chi connectivity index (χ0n) is 17.4. The lowest BCUT2D eigenvalue weighted by Gasteiger charge is -2.22. The largest absolute Gasteiger partial charge is 0.353 e. The van der Waals surface area contributed by atoms with Gasteiger partial charge in [-0.05, 0) is 35.9 Å². The van der Waals surface area contributed by atoms with E-state index in [0.29, 0.717) is 6.54 Å². The highest BCUT2D eigenvalue weighted by molar-refractivity contribution is 14.0. The number of aryl methyl sites for hydroxylation is 1. The highest BCUT2D eigenvalue weighted by Gasteiger charge is 2.09. The summed E-state index contributed by atoms with van der Waals surface area (Å²) in [5.41, 5.74) is 3.02. The molecule has 0 aliphatic rings. The number of nitrogens with one attached hydrogen (secondary N) is 2. The van der Waals surface area contributed by atoms with Gasteiger partial charge in [0, 0.05) is 57.7 Å². The Morgan fingerprint density at radius 3 is 2.70 bits per heavy atom. The lowest BCUT2D eigenvalue weighted by atomic mass is 10.2. The zero-order valence-corrected chi connectivity index (χ0v) is 19.8. The first-order valence-corrected chi connectivity index (χ1v) is 9.43. The van der Waals surface area contributed by atoms with Crippen LogP contribution < -0.4 is 10.6 Å². The van der Waals surface area contributed by atoms with E-state index in [1.807, 2.05) is 50.6 Å². The topological polar surface area (TPSA) is 79.5 Å². The summed E-state index contributed by atoms with van der Waals surface area (Å²) in [4.78, 5) is 18.6. The number of benzene rings is 1. The number of nitrogens with zero attached hydrogens (tertiary/aromatic N) is 5. The van der Waals surface area contributed by atoms with Gasteiger partial charge in [-0.15, -0.1) is 24.0 Å². The number of guanidine groups is 1. The first-order chi connectivity index (χ1) is 14.0. The molecule has 9 heteroatoms. The fourth-order valence-electron chi connectivity index (χ4n) is 3.05. The monoisotopic (exact) mass is 521 g/mol. The second-order valence-electron chi connectivity index (χ2n) is 6.82. The maximum absolute atomic E-state index is 12.2. The van der Waals surface area contributed by atoms with E-state index in [-0.39, 0.29) is 36.4 Å². The van der Waals surface area contributed by atoms with Crippen LogP contribution in [0.25, 0.3) is 0 Å². The molecule has 1 aromatic carbocycles. The van der Waals surface area contributed by atoms with Crippen LogP contribution in [-0.4, -0.2) is 45.2 Å². The number of hydrogen-bond acceptors (Lipinski definition) is 3. The number of aliphatic imine (C=N–C) groups is 1. The van der Waals surface area contributed by atoms with Crippen molar-refractivity contribution in [2.24, 2.45) is 12.0 Å². The van der Waals surface area contributed by atoms with Crippen LogP contribution in [0.2, 0.25) is 0 Å². The van der Waals surface area contributed by atoms with Crippen LogP contribution in [0.1, 0.15) is 11.3 Å². The fourth-order valence-corrected chi connectivity index (χ4v) is 3.05. The molecule has 0 bridgehead atoms. The molecule has 1 amide bonds. The minimum atomic E-state index is -0.114. The van der Waals surface area contributed by atoms with Crippen LogP contribution in [-0.2, 0) is 31.5 Å². The quantitative estimate of drug-likeness (QED) is 0.285. The third-order valence-electron chi connectivity index (χ3n) is 4.55. The minimum Gasteiger partial charge on any atom is -0.353 e. The molecule has 0 atom stereocenters. The Labute approximate surface area is 194 Å². The highest BCUT2D eigenvalue weighted by Crippen LogP contribution is 2.11. The highest BCUT2D eigenvalue weighted by atomic mass is 127. The molecule has 0 aliphatic carbocycles. The number of rotatable bonds is 7. The standard InChI is InChI=1S/C21H27N7O.HI/c1-22-21(27(3)15-19-9-5-11-26(19)2)23-14-17-7-4-8-18(13-17)25-20(29)16-28-12-6-10-24-28;/h4-13H,14-16H2,1-3H3,(H,22,23)(H,25,29);1H. The van der Waals surface area contributed by atoms with E-state index in [1.54, 1.807) is 30.2 Å². The summed E-state index contributed by atoms with van der Waals surface area (Å²) in [5.74, 6) is 0.691. The summed E-state index contributed by atoms with van der Waals surface area (Å²) in [6, 6.07) is 13.7. The smallest absolute Gasteiger partial charge is 0.246 e. The Bertz CT molecular complexity index is 965. The van der Waals surface area contributed by atoms with Gasteiger partial charge in [0.15, 0.2) is 5.96 Å². The molecule has 3 rings (SSSR count). The van der Waals surface area contributed by atoms with Crippen LogP contribution >= 0.6 is 24.0 Å². The summed E-state index contributed by atoms with van der Waals surface area (Å²) >= 11 is 0. The van der Waals surface area contributed by atoms with Crippen molar-refractivity contribution in [3.8, 4) is 0 Å². The SMILES string of the molecule is CN=C(NCc1cccc(NC(=O)Cn2cccn2)c1)N(C)Cc1cccn1C.I. The van der Waals surface area contributed by atoms with Crippen molar-refractivity contribution in [2.45, 2.75) is 19.6 Å². The van der Waals surface area contributed by atoms with Crippen molar-refractivity contribution in [1.82, 2.24) is 24.6 Å². The number of carbonyl (C=O) groups is 1. The molecule has 0 radical (unpaired) electrons. The average Bonchev–Trinajstić information content (AvgIpc) is 3.34. The van der Waals surface area contributed by atoms with Crippen LogP contribution in [0, 0.1) is 0 Å². The maximum Gasteiger partial charge on any atom is 0.246 e. The van der Waals surface area contributed by atoms with Gasteiger partial charge in [0.2, 0.25) is 5.91 Å². The molecular weight excluding hydrogens is 493 g/mol. The van der Waals surface area contributed by atoms with Gasteiger partial charge in [0.1, 0.15) is 6.54 Å². The number of carbonyl (C=O) groups excluding carboxylic acids is 1. The van der Waals surface area contributed by atoms with Crippen molar-refractivity contribution in [3.05, 3.63) is 72.3 Å². The van der Waals surface area contributed by atoms with Gasteiger partial charge in [-0.1, -0.05) is 12.1 Å². The number of aromatic nitrogens is 3. The maximum atomic E-state index is 12.2. The molecule has 0 saturated carbocycles. The van der Waals surface area contributed by atoms with Crippen molar-refractivity contribution < 1.29 is 4.79 Å². The number of amides is 1. The number of anilines is 1. The molecule has 0 fully saturated rings. The van der Waals surface area contributed by atoms with Gasteiger partial charge >= 0.3 is 0 Å². The van der Waals surface area contributed by atoms with Crippen LogP contribution in [0.3, 0.4) is 0 Å². The molecule has 0 aliphatic heterocycles. The summed E-state index contributed by atoms with van der Waals surface area (Å²) in [7, 11) is 5.82. The van der Waals surface area contributed by atoms with E-state index in [9.17, 15) is 4.79 Å². The predicted octanol–water partition coefficient (Wildman–Crippen LogP) is 2.69. The van der Waals surface area contributed by atoms with Gasteiger partial charge in [0.05, 0.1) is 6.54 Å². The molecule has 8 nitrogen and oxygen atoms in total. The minimum absolute atomic E-state index is 0. The Morgan fingerprint density at radius 2 is 2.03 bits per heavy atom. The van der Waals surface area contributed by atoms with Gasteiger partial charge in [-0.25, -0.2) is 0 Å². The predicted molar refractivity (Wildman–Crippen MR) is 130 cm³/mol. The third-order valence-corrected chi connectivity index (χ3v) is 4.55. The first kappa shape index (κ1) is 23.5. The van der Waals surface area contributed by atoms with Crippen LogP contribution in [0.4, 0.5) is 5.69 Å². The molecule has 2 heterocycles. The van der Waals surface area contributed by atoms with Crippen molar-refractivity contribution in [3.63, 3.8) is 0 Å². The van der Waals surface area contributed by atoms with Gasteiger partial charge in [-0.2, -0.15) is 5.10 Å². The van der Waals surface area contributed by atoms with E-state index in [4.69, 9.17) is 0 Å². The van der Waals surface area contributed by atoms with Crippen molar-refractivity contribution >= 4 is 41.5 Å². The van der Waals surface area contributed by atoms with E-state index in [1.165, 1.54) is 5.69 Å². The summed E-state index contributed by atoms with van der Waals surface area (Å²) in [6.45, 7) is 1.55. The molecule has 0 spiro atoms. The molecule has 0 unspecified atom stereocenters. The third kappa shape index (κ3) is 6.61. The van der Waals surface area contributed by atoms with Gasteiger partial charge < -0.3 is 20.1 Å². The number of hydrogen-bond donors (Lipinski definition) is 2. The second-order valence-corrected chi connectivity index (χ2v) is 6.82. The fraction of sp³-hybridized carbons (Fsp3) is 0.286. The molecule has 3 aromatic rings. The van der Waals surface area contributed by atoms with E-state index >= 15 is 0 Å². The molecule has 2 aromatic heterocycles. The Morgan fingerprint density at radius 1 is 1.20 bits per heavy atom. The van der Waals surface area contributed by atoms with Gasteiger partial charge in [0.25, 0.3) is 0 Å². The summed E-state index contributed by atoms with van der Waals surface area (Å²) in [6.07, 6.45) is 5.45. The summed E-state index contributed by atoms with van der Waals surface area (Å²) < 4.78 is 3.69. The Kier molecular flexibility index (Phi) is 8.90. The van der Waals surface area contributed by atoms with Crippen molar-refractivity contribution in [2.75, 3.05) is 19.4 Å². The lowest BCUT2D eigenvalue weighted by Crippen LogP contribution is -2.38. The first-order valence-electron chi connectivity index (χ1n) is 9.43. The summed E-state index contributed by atoms with van der Waals surface area (Å²) in [5, 5.41) is 10.3. The molecule has 2 N–H and O–H groups in total. The molecule has 30 heavy (non-hydrogen) atoms. The van der Waals surface area contributed by atoms with E-state index in [2.05, 4.69) is 36.3 Å². The van der Waals surface area contributed by atoms with Crippen LogP contribution in [0.15, 0.2) is 66.0 Å². The molecule has 160 valence electrons. The Balaban J connectivity index is 0.00000320. The van der Waals surface area contributed by atoms with E-state index in [0.717, 1.165) is 23.8 Å². The average molecular weight is 521 g/mol. The molecular formula is C21H28IN7O. The molecule has 0 saturated heterocycles. The second kappa shape index (κ2) is 11.4. The zero-order chi connectivity index (χ0) is 20.6. The van der Waals surface area contributed by atoms with Crippen molar-refractivity contribution in [1.29, 1.82) is 0 Å². The number of halogens is 1. The lowest BCUT2D eigenvalue weighted by molar-refractivity contribution is -0.116.